The Morgan fingerprint density at radius 2 is 1.76 bits per heavy atom. The van der Waals surface area contributed by atoms with Crippen molar-refractivity contribution in [2.24, 2.45) is 0 Å². The molecule has 2 heterocycles. The third kappa shape index (κ3) is 2.23. The summed E-state index contributed by atoms with van der Waals surface area (Å²) in [5.41, 5.74) is 5.81. The van der Waals surface area contributed by atoms with Crippen LogP contribution in [-0.2, 0) is 0 Å². The smallest absolute Gasteiger partial charge is 0.350 e. The fourth-order valence-corrected chi connectivity index (χ4v) is 2.91. The number of hydrogen-bond acceptors (Lipinski definition) is 4. The molecule has 1 atom stereocenters. The topological polar surface area (TPSA) is 65.2 Å². The molecule has 3 aromatic rings. The van der Waals surface area contributed by atoms with Gasteiger partial charge >= 0.3 is 5.92 Å². The number of carbonyl (C=O) groups excluding carboxylic acids is 1. The monoisotopic (exact) mass is 344 g/mol. The van der Waals surface area contributed by atoms with Gasteiger partial charge in [0.25, 0.3) is 0 Å². The standard InChI is InChI=1S/C18H11F3N2O2/c19-10-7-5-9(6-8-10)16-18(20,21)15(24)13-14(22)11-3-1-2-4-12(11)23-17(13)25-16/h1-8,16H,(H2,22,23). The number of hydrogen-bond donors (Lipinski definition) is 1. The fraction of sp³-hybridized carbons (Fsp3) is 0.111. The van der Waals surface area contributed by atoms with Gasteiger partial charge in [0.05, 0.1) is 11.2 Å². The van der Waals surface area contributed by atoms with E-state index in [4.69, 9.17) is 10.5 Å². The van der Waals surface area contributed by atoms with Crippen LogP contribution in [0.25, 0.3) is 10.9 Å². The maximum absolute atomic E-state index is 14.7. The first-order valence-electron chi connectivity index (χ1n) is 7.42. The Hall–Kier alpha value is -3.09. The minimum Gasteiger partial charge on any atom is -0.462 e. The molecule has 2 N–H and O–H groups in total. The Bertz CT molecular complexity index is 1000. The summed E-state index contributed by atoms with van der Waals surface area (Å²) in [6.45, 7) is 0. The lowest BCUT2D eigenvalue weighted by molar-refractivity contribution is -0.0772. The Morgan fingerprint density at radius 3 is 2.48 bits per heavy atom. The van der Waals surface area contributed by atoms with Crippen molar-refractivity contribution in [3.8, 4) is 5.88 Å². The summed E-state index contributed by atoms with van der Waals surface area (Å²) in [7, 11) is 0. The van der Waals surface area contributed by atoms with Gasteiger partial charge in [-0.2, -0.15) is 8.78 Å². The fourth-order valence-electron chi connectivity index (χ4n) is 2.91. The molecule has 0 aliphatic carbocycles. The van der Waals surface area contributed by atoms with Crippen molar-refractivity contribution < 1.29 is 22.7 Å². The molecule has 0 bridgehead atoms. The zero-order valence-corrected chi connectivity index (χ0v) is 12.7. The quantitative estimate of drug-likeness (QED) is 0.727. The summed E-state index contributed by atoms with van der Waals surface area (Å²) >= 11 is 0. The van der Waals surface area contributed by atoms with E-state index < -0.39 is 29.2 Å². The van der Waals surface area contributed by atoms with Crippen molar-refractivity contribution >= 4 is 22.4 Å². The number of anilines is 1. The zero-order valence-electron chi connectivity index (χ0n) is 12.7. The third-order valence-corrected chi connectivity index (χ3v) is 4.16. The summed E-state index contributed by atoms with van der Waals surface area (Å²) in [6.07, 6.45) is -1.90. The molecule has 1 unspecified atom stereocenters. The highest BCUT2D eigenvalue weighted by molar-refractivity contribution is 6.13. The lowest BCUT2D eigenvalue weighted by atomic mass is 9.92. The number of ether oxygens (including phenoxy) is 1. The average Bonchev–Trinajstić information content (AvgIpc) is 2.59. The van der Waals surface area contributed by atoms with E-state index in [-0.39, 0.29) is 17.1 Å². The molecule has 2 aromatic carbocycles. The molecule has 0 radical (unpaired) electrons. The Balaban J connectivity index is 1.92. The normalized spacial score (nSPS) is 18.7. The van der Waals surface area contributed by atoms with E-state index in [0.717, 1.165) is 24.3 Å². The van der Waals surface area contributed by atoms with Crippen molar-refractivity contribution in [3.63, 3.8) is 0 Å². The Morgan fingerprint density at radius 1 is 1.08 bits per heavy atom. The molecule has 1 aromatic heterocycles. The van der Waals surface area contributed by atoms with Gasteiger partial charge in [-0.1, -0.05) is 30.3 Å². The molecule has 25 heavy (non-hydrogen) atoms. The molecule has 7 heteroatoms. The number of Topliss-reactive ketones (excluding diaryl/α,β-unsaturated/α-hetero) is 1. The summed E-state index contributed by atoms with van der Waals surface area (Å²) < 4.78 is 47.7. The molecule has 1 aliphatic heterocycles. The molecule has 4 nitrogen and oxygen atoms in total. The molecule has 1 aliphatic rings. The first kappa shape index (κ1) is 15.4. The second-order valence-corrected chi connectivity index (χ2v) is 5.72. The number of fused-ring (bicyclic) bond motifs is 2. The van der Waals surface area contributed by atoms with Gasteiger partial charge in [0, 0.05) is 5.39 Å². The second kappa shape index (κ2) is 5.20. The van der Waals surface area contributed by atoms with Gasteiger partial charge in [-0.25, -0.2) is 9.37 Å². The molecule has 0 saturated heterocycles. The molecule has 126 valence electrons. The van der Waals surface area contributed by atoms with Gasteiger partial charge in [0.1, 0.15) is 11.4 Å². The number of aromatic nitrogens is 1. The number of benzene rings is 2. The highest BCUT2D eigenvalue weighted by Gasteiger charge is 2.55. The van der Waals surface area contributed by atoms with Crippen LogP contribution in [0.15, 0.2) is 48.5 Å². The number of para-hydroxylation sites is 1. The van der Waals surface area contributed by atoms with Gasteiger partial charge in [-0.3, -0.25) is 4.79 Å². The van der Waals surface area contributed by atoms with Gasteiger partial charge in [0.2, 0.25) is 11.7 Å². The van der Waals surface area contributed by atoms with Crippen LogP contribution in [0.1, 0.15) is 22.0 Å². The van der Waals surface area contributed by atoms with Gasteiger partial charge in [0.15, 0.2) is 6.10 Å². The number of nitrogen functional groups attached to an aromatic ring is 1. The number of halogens is 3. The van der Waals surface area contributed by atoms with Crippen LogP contribution in [0.4, 0.5) is 18.9 Å². The van der Waals surface area contributed by atoms with Crippen molar-refractivity contribution in [2.45, 2.75) is 12.0 Å². The van der Waals surface area contributed by atoms with Gasteiger partial charge < -0.3 is 10.5 Å². The molecule has 4 rings (SSSR count). The summed E-state index contributed by atoms with van der Waals surface area (Å²) in [6, 6.07) is 11.0. The van der Waals surface area contributed by atoms with Gasteiger partial charge in [-0.05, 0) is 23.8 Å². The van der Waals surface area contributed by atoms with Crippen LogP contribution < -0.4 is 10.5 Å². The van der Waals surface area contributed by atoms with Crippen LogP contribution in [0.5, 0.6) is 5.88 Å². The average molecular weight is 344 g/mol. The maximum atomic E-state index is 14.7. The van der Waals surface area contributed by atoms with E-state index in [0.29, 0.717) is 10.9 Å². The summed E-state index contributed by atoms with van der Waals surface area (Å²) in [5.74, 6) is -6.15. The Kier molecular flexibility index (Phi) is 3.21. The number of pyridine rings is 1. The molecule has 0 saturated carbocycles. The van der Waals surface area contributed by atoms with Crippen LogP contribution >= 0.6 is 0 Å². The first-order valence-corrected chi connectivity index (χ1v) is 7.42. The summed E-state index contributed by atoms with van der Waals surface area (Å²) in [5, 5.41) is 0.397. The number of alkyl halides is 2. The first-order chi connectivity index (χ1) is 11.9. The largest absolute Gasteiger partial charge is 0.462 e. The van der Waals surface area contributed by atoms with E-state index in [2.05, 4.69) is 4.98 Å². The van der Waals surface area contributed by atoms with E-state index in [9.17, 15) is 18.0 Å². The van der Waals surface area contributed by atoms with E-state index in [1.165, 1.54) is 0 Å². The van der Waals surface area contributed by atoms with E-state index >= 15 is 0 Å². The zero-order chi connectivity index (χ0) is 17.8. The van der Waals surface area contributed by atoms with Crippen LogP contribution in [-0.4, -0.2) is 16.7 Å². The SMILES string of the molecule is Nc1c2c(nc3ccccc13)OC(c1ccc(F)cc1)C(F)(F)C2=O. The Labute approximate surface area is 140 Å². The highest BCUT2D eigenvalue weighted by Crippen LogP contribution is 2.46. The van der Waals surface area contributed by atoms with Crippen molar-refractivity contribution in [1.29, 1.82) is 0 Å². The van der Waals surface area contributed by atoms with E-state index in [1.807, 2.05) is 0 Å². The third-order valence-electron chi connectivity index (χ3n) is 4.16. The molecule has 0 amide bonds. The highest BCUT2D eigenvalue weighted by atomic mass is 19.3. The minimum atomic E-state index is -3.86. The number of nitrogens with two attached hydrogens (primary N) is 1. The minimum absolute atomic E-state index is 0.0288. The van der Waals surface area contributed by atoms with Crippen LogP contribution in [0, 0.1) is 5.82 Å². The van der Waals surface area contributed by atoms with Crippen molar-refractivity contribution in [2.75, 3.05) is 5.73 Å². The number of nitrogens with zero attached hydrogens (tertiary/aromatic N) is 1. The maximum Gasteiger partial charge on any atom is 0.350 e. The second-order valence-electron chi connectivity index (χ2n) is 5.72. The molecular weight excluding hydrogens is 333 g/mol. The van der Waals surface area contributed by atoms with Crippen LogP contribution in [0.2, 0.25) is 0 Å². The van der Waals surface area contributed by atoms with E-state index in [1.54, 1.807) is 24.3 Å². The lowest BCUT2D eigenvalue weighted by Crippen LogP contribution is -2.43. The van der Waals surface area contributed by atoms with Crippen molar-refractivity contribution in [3.05, 3.63) is 65.5 Å². The van der Waals surface area contributed by atoms with Gasteiger partial charge in [-0.15, -0.1) is 0 Å². The number of rotatable bonds is 1. The summed E-state index contributed by atoms with van der Waals surface area (Å²) in [4.78, 5) is 16.6. The molecular formula is C18H11F3N2O2. The van der Waals surface area contributed by atoms with Crippen molar-refractivity contribution in [1.82, 2.24) is 4.98 Å². The predicted molar refractivity (Wildman–Crippen MR) is 85.2 cm³/mol. The lowest BCUT2D eigenvalue weighted by Gasteiger charge is -2.32. The molecule has 0 spiro atoms. The number of ketones is 1. The predicted octanol–water partition coefficient (Wildman–Crippen LogP) is 3.91. The molecule has 0 fully saturated rings. The van der Waals surface area contributed by atoms with Crippen LogP contribution in [0.3, 0.4) is 0 Å². The number of carbonyl (C=O) groups is 1.